The number of hydrogen-bond acceptors (Lipinski definition) is 5. The molecule has 2 fully saturated rings. The van der Waals surface area contributed by atoms with E-state index >= 15 is 0 Å². The number of fused-ring (bicyclic) bond motifs is 6. The summed E-state index contributed by atoms with van der Waals surface area (Å²) in [5, 5.41) is 0. The van der Waals surface area contributed by atoms with Gasteiger partial charge in [-0.15, -0.1) is 0 Å². The number of ether oxygens (including phenoxy) is 1. The minimum Gasteiger partial charge on any atom is -0.461 e. The molecule has 6 nitrogen and oxygen atoms in total. The topological polar surface area (TPSA) is 96.2 Å². The number of aromatic nitrogens is 2. The molecule has 1 heterocycles. The van der Waals surface area contributed by atoms with Gasteiger partial charge in [-0.2, -0.15) is 0 Å². The van der Waals surface area contributed by atoms with Crippen LogP contribution in [0.2, 0.25) is 0 Å². The SMILES string of the molecule is C[C@]12CC[C@H](OC(=O)C(N)CCCN)CC1=CCC1C2CC[C@]2(C)C(n3cnc4ccccc43)=CCC12. The number of allylic oxidation sites excluding steroid dienone is 3. The van der Waals surface area contributed by atoms with Crippen LogP contribution in [0.4, 0.5) is 0 Å². The first-order valence-electron chi connectivity index (χ1n) is 14.3. The molecule has 0 amide bonds. The molecule has 7 atom stereocenters. The highest BCUT2D eigenvalue weighted by Gasteiger charge is 2.57. The fourth-order valence-electron chi connectivity index (χ4n) is 8.50. The molecule has 0 spiro atoms. The van der Waals surface area contributed by atoms with Gasteiger partial charge in [0.2, 0.25) is 0 Å². The number of hydrogen-bond donors (Lipinski definition) is 2. The lowest BCUT2D eigenvalue weighted by atomic mass is 9.47. The molecule has 2 aromatic rings. The zero-order valence-corrected chi connectivity index (χ0v) is 22.4. The Kier molecular flexibility index (Phi) is 6.31. The van der Waals surface area contributed by atoms with E-state index in [1.165, 1.54) is 29.6 Å². The van der Waals surface area contributed by atoms with Crippen LogP contribution in [0.15, 0.2) is 48.3 Å². The Bertz CT molecular complexity index is 1250. The molecule has 2 saturated carbocycles. The molecule has 6 heteroatoms. The summed E-state index contributed by atoms with van der Waals surface area (Å²) >= 11 is 0. The van der Waals surface area contributed by atoms with Gasteiger partial charge in [-0.25, -0.2) is 4.98 Å². The third kappa shape index (κ3) is 3.99. The molecule has 4 aliphatic carbocycles. The maximum Gasteiger partial charge on any atom is 0.323 e. The van der Waals surface area contributed by atoms with Crippen LogP contribution >= 0.6 is 0 Å². The van der Waals surface area contributed by atoms with Crippen LogP contribution in [-0.4, -0.2) is 34.2 Å². The minimum absolute atomic E-state index is 0.0459. The Morgan fingerprint density at radius 1 is 1.14 bits per heavy atom. The van der Waals surface area contributed by atoms with Gasteiger partial charge in [0.05, 0.1) is 11.0 Å². The first-order chi connectivity index (χ1) is 17.8. The second kappa shape index (κ2) is 9.39. The van der Waals surface area contributed by atoms with Gasteiger partial charge in [0, 0.05) is 17.5 Å². The molecule has 6 rings (SSSR count). The van der Waals surface area contributed by atoms with E-state index in [0.717, 1.165) is 44.0 Å². The van der Waals surface area contributed by atoms with E-state index < -0.39 is 6.04 Å². The monoisotopic (exact) mass is 502 g/mol. The Morgan fingerprint density at radius 3 is 2.78 bits per heavy atom. The second-order valence-electron chi connectivity index (χ2n) is 12.5. The smallest absolute Gasteiger partial charge is 0.323 e. The Hall–Kier alpha value is -2.44. The molecule has 0 bridgehead atoms. The lowest BCUT2D eigenvalue weighted by molar-refractivity contribution is -0.153. The normalized spacial score (nSPS) is 35.7. The van der Waals surface area contributed by atoms with E-state index in [0.29, 0.717) is 30.7 Å². The molecule has 37 heavy (non-hydrogen) atoms. The van der Waals surface area contributed by atoms with Crippen molar-refractivity contribution < 1.29 is 9.53 Å². The molecule has 1 aromatic carbocycles. The number of esters is 1. The van der Waals surface area contributed by atoms with Crippen LogP contribution < -0.4 is 11.5 Å². The van der Waals surface area contributed by atoms with Crippen molar-refractivity contribution in [1.29, 1.82) is 0 Å². The average Bonchev–Trinajstić information content (AvgIpc) is 3.47. The number of imidazole rings is 1. The quantitative estimate of drug-likeness (QED) is 0.406. The summed E-state index contributed by atoms with van der Waals surface area (Å²) in [6.07, 6.45) is 16.0. The van der Waals surface area contributed by atoms with E-state index in [1.807, 2.05) is 6.33 Å². The van der Waals surface area contributed by atoms with E-state index in [4.69, 9.17) is 21.2 Å². The third-order valence-electron chi connectivity index (χ3n) is 10.6. The maximum atomic E-state index is 12.5. The molecule has 4 N–H and O–H groups in total. The fraction of sp³-hybridized carbons (Fsp3) is 0.613. The van der Waals surface area contributed by atoms with Crippen molar-refractivity contribution in [2.75, 3.05) is 6.54 Å². The largest absolute Gasteiger partial charge is 0.461 e. The summed E-state index contributed by atoms with van der Waals surface area (Å²) in [5.74, 6) is 1.79. The second-order valence-corrected chi connectivity index (χ2v) is 12.5. The number of carbonyl (C=O) groups excluding carboxylic acids is 1. The summed E-state index contributed by atoms with van der Waals surface area (Å²) in [6.45, 7) is 5.55. The lowest BCUT2D eigenvalue weighted by Gasteiger charge is -2.57. The highest BCUT2D eigenvalue weighted by molar-refractivity contribution is 5.80. The average molecular weight is 503 g/mol. The number of rotatable bonds is 6. The van der Waals surface area contributed by atoms with Crippen molar-refractivity contribution in [3.05, 3.63) is 48.3 Å². The van der Waals surface area contributed by atoms with Gasteiger partial charge in [0.1, 0.15) is 18.5 Å². The van der Waals surface area contributed by atoms with Crippen molar-refractivity contribution in [1.82, 2.24) is 9.55 Å². The fourth-order valence-corrected chi connectivity index (χ4v) is 8.50. The van der Waals surface area contributed by atoms with Crippen LogP contribution in [0, 0.1) is 28.6 Å². The molecule has 0 saturated heterocycles. The molecule has 1 aromatic heterocycles. The van der Waals surface area contributed by atoms with Crippen LogP contribution in [0.25, 0.3) is 16.7 Å². The van der Waals surface area contributed by atoms with Crippen molar-refractivity contribution in [3.8, 4) is 0 Å². The number of para-hydroxylation sites is 2. The predicted molar refractivity (Wildman–Crippen MR) is 147 cm³/mol. The minimum atomic E-state index is -0.561. The van der Waals surface area contributed by atoms with Crippen molar-refractivity contribution in [2.24, 2.45) is 40.1 Å². The van der Waals surface area contributed by atoms with Crippen LogP contribution in [0.5, 0.6) is 0 Å². The standard InChI is InChI=1S/C31H42N4O2/c1-30-15-13-21(37-29(36)25(33)6-5-17-32)18-20(30)9-10-22-23-11-12-28(31(23,2)16-14-24(22)30)35-19-34-26-7-3-4-8-27(26)35/h3-4,7-9,12,19,21-25H,5-6,10-11,13-18,32-33H2,1-2H3/t21-,22?,23?,24?,25?,30-,31-/m0/s1. The molecular weight excluding hydrogens is 460 g/mol. The van der Waals surface area contributed by atoms with Gasteiger partial charge >= 0.3 is 5.97 Å². The van der Waals surface area contributed by atoms with E-state index in [9.17, 15) is 4.79 Å². The zero-order valence-electron chi connectivity index (χ0n) is 22.4. The van der Waals surface area contributed by atoms with E-state index in [-0.39, 0.29) is 22.9 Å². The van der Waals surface area contributed by atoms with Crippen molar-refractivity contribution in [3.63, 3.8) is 0 Å². The van der Waals surface area contributed by atoms with Crippen LogP contribution in [0.1, 0.15) is 71.6 Å². The Morgan fingerprint density at radius 2 is 1.95 bits per heavy atom. The summed E-state index contributed by atoms with van der Waals surface area (Å²) in [4.78, 5) is 17.2. The first kappa shape index (κ1) is 24.9. The van der Waals surface area contributed by atoms with Gasteiger partial charge in [0.15, 0.2) is 0 Å². The van der Waals surface area contributed by atoms with E-state index in [1.54, 1.807) is 0 Å². The Balaban J connectivity index is 1.19. The molecule has 0 radical (unpaired) electrons. The van der Waals surface area contributed by atoms with Gasteiger partial charge < -0.3 is 20.8 Å². The van der Waals surface area contributed by atoms with Gasteiger partial charge in [0.25, 0.3) is 0 Å². The molecule has 198 valence electrons. The van der Waals surface area contributed by atoms with Crippen molar-refractivity contribution in [2.45, 2.75) is 83.8 Å². The summed E-state index contributed by atoms with van der Waals surface area (Å²) in [6, 6.07) is 7.92. The third-order valence-corrected chi connectivity index (χ3v) is 10.6. The maximum absolute atomic E-state index is 12.5. The first-order valence-corrected chi connectivity index (χ1v) is 14.3. The number of carbonyl (C=O) groups is 1. The number of nitrogens with zero attached hydrogens (tertiary/aromatic N) is 2. The Labute approximate surface area is 220 Å². The summed E-state index contributed by atoms with van der Waals surface area (Å²) < 4.78 is 8.25. The van der Waals surface area contributed by atoms with Crippen LogP contribution in [0.3, 0.4) is 0 Å². The highest BCUT2D eigenvalue weighted by atomic mass is 16.5. The molecule has 4 unspecified atom stereocenters. The van der Waals surface area contributed by atoms with Gasteiger partial charge in [-0.3, -0.25) is 4.79 Å². The molecule has 0 aliphatic heterocycles. The lowest BCUT2D eigenvalue weighted by Crippen LogP contribution is -2.50. The highest BCUT2D eigenvalue weighted by Crippen LogP contribution is 2.65. The predicted octanol–water partition coefficient (Wildman–Crippen LogP) is 5.43. The molecular formula is C31H42N4O2. The number of nitrogens with two attached hydrogens (primary N) is 2. The zero-order chi connectivity index (χ0) is 25.8. The summed E-state index contributed by atoms with van der Waals surface area (Å²) in [5.41, 5.74) is 17.3. The molecule has 4 aliphatic rings. The van der Waals surface area contributed by atoms with Gasteiger partial charge in [-0.1, -0.05) is 43.7 Å². The van der Waals surface area contributed by atoms with E-state index in [2.05, 4.69) is 54.8 Å². The summed E-state index contributed by atoms with van der Waals surface area (Å²) in [7, 11) is 0. The van der Waals surface area contributed by atoms with Crippen molar-refractivity contribution >= 4 is 22.7 Å². The van der Waals surface area contributed by atoms with Gasteiger partial charge in [-0.05, 0) is 93.2 Å². The number of benzene rings is 1. The van der Waals surface area contributed by atoms with Crippen LogP contribution in [-0.2, 0) is 9.53 Å².